The molecule has 1 heterocycles. The normalized spacial score (nSPS) is 19.2. The molecule has 0 saturated carbocycles. The Hall–Kier alpha value is -2.78. The summed E-state index contributed by atoms with van der Waals surface area (Å²) in [5, 5.41) is 13.3. The number of ether oxygens (including phenoxy) is 1. The van der Waals surface area contributed by atoms with Crippen molar-refractivity contribution in [3.8, 4) is 11.1 Å². The number of carbonyl (C=O) groups excluding carboxylic acids is 2. The lowest BCUT2D eigenvalue weighted by molar-refractivity contribution is -0.144. The minimum Gasteiger partial charge on any atom is -0.481 e. The molecule has 9 heteroatoms. The van der Waals surface area contributed by atoms with Crippen LogP contribution in [-0.2, 0) is 25.5 Å². The topological polar surface area (TPSA) is 117 Å². The second kappa shape index (κ2) is 12.8. The Morgan fingerprint density at radius 1 is 1.11 bits per heavy atom. The van der Waals surface area contributed by atoms with Gasteiger partial charge in [0.05, 0.1) is 18.6 Å². The quantitative estimate of drug-likeness (QED) is 0.353. The number of ketones is 1. The van der Waals surface area contributed by atoms with Crippen molar-refractivity contribution < 1.29 is 24.2 Å². The van der Waals surface area contributed by atoms with E-state index < -0.39 is 30.0 Å². The van der Waals surface area contributed by atoms with Crippen molar-refractivity contribution in [3.63, 3.8) is 0 Å². The molecule has 188 valence electrons. The minimum atomic E-state index is -0.966. The number of Topliss-reactive ketones (excluding diaryl/α,β-unsaturated/α-hetero) is 1. The number of halogens is 1. The predicted octanol–water partition coefficient (Wildman–Crippen LogP) is 2.99. The number of hydrazine groups is 1. The van der Waals surface area contributed by atoms with E-state index in [-0.39, 0.29) is 24.7 Å². The number of carboxylic acids is 1. The van der Waals surface area contributed by atoms with Gasteiger partial charge < -0.3 is 15.2 Å². The van der Waals surface area contributed by atoms with Crippen LogP contribution in [0, 0.1) is 5.92 Å². The molecule has 35 heavy (non-hydrogen) atoms. The van der Waals surface area contributed by atoms with E-state index in [0.29, 0.717) is 24.5 Å². The van der Waals surface area contributed by atoms with Crippen LogP contribution in [0.1, 0.15) is 32.3 Å². The molecular formula is C26H32ClN3O5. The highest BCUT2D eigenvalue weighted by Gasteiger charge is 2.33. The van der Waals surface area contributed by atoms with Gasteiger partial charge in [0.1, 0.15) is 11.8 Å². The number of aliphatic carboxylic acids is 1. The number of amides is 1. The maximum absolute atomic E-state index is 12.9. The molecule has 0 aliphatic carbocycles. The second-order valence-electron chi connectivity index (χ2n) is 8.79. The Kier molecular flexibility index (Phi) is 9.80. The maximum atomic E-state index is 12.9. The van der Waals surface area contributed by atoms with Gasteiger partial charge in [-0.05, 0) is 61.9 Å². The van der Waals surface area contributed by atoms with E-state index in [2.05, 4.69) is 16.2 Å². The molecule has 0 radical (unpaired) electrons. The van der Waals surface area contributed by atoms with Gasteiger partial charge >= 0.3 is 5.97 Å². The van der Waals surface area contributed by atoms with Crippen molar-refractivity contribution >= 4 is 29.3 Å². The fourth-order valence-electron chi connectivity index (χ4n) is 4.12. The number of rotatable bonds is 12. The van der Waals surface area contributed by atoms with Crippen molar-refractivity contribution in [1.82, 2.24) is 16.2 Å². The van der Waals surface area contributed by atoms with Gasteiger partial charge in [0, 0.05) is 17.7 Å². The molecule has 2 aromatic carbocycles. The van der Waals surface area contributed by atoms with Crippen molar-refractivity contribution in [2.45, 2.75) is 51.2 Å². The summed E-state index contributed by atoms with van der Waals surface area (Å²) in [4.78, 5) is 36.4. The standard InChI is InChI=1S/C26H32ClN3O5/c1-3-35-15-20(26(33)34)13-22(28-25(32)24-14-23(16(2)31)29-30-24)11-17-7-9-18(10-8-17)19-5-4-6-21(27)12-19/h4-10,12,20,22-24,29-30H,3,11,13-15H2,1-2H3,(H,28,32)(H,33,34)/t20-,22+,23?,24?/m0/s1. The van der Waals surface area contributed by atoms with Gasteiger partial charge in [0.25, 0.3) is 0 Å². The zero-order chi connectivity index (χ0) is 25.4. The fraction of sp³-hybridized carbons (Fsp3) is 0.423. The van der Waals surface area contributed by atoms with Crippen LogP contribution < -0.4 is 16.2 Å². The van der Waals surface area contributed by atoms with E-state index in [4.69, 9.17) is 16.3 Å². The van der Waals surface area contributed by atoms with E-state index >= 15 is 0 Å². The van der Waals surface area contributed by atoms with Crippen LogP contribution in [0.25, 0.3) is 11.1 Å². The average Bonchev–Trinajstić information content (AvgIpc) is 3.33. The number of benzene rings is 2. The first kappa shape index (κ1) is 26.8. The number of hydrogen-bond acceptors (Lipinski definition) is 6. The summed E-state index contributed by atoms with van der Waals surface area (Å²) in [6.45, 7) is 3.77. The minimum absolute atomic E-state index is 0.0493. The van der Waals surface area contributed by atoms with Gasteiger partial charge in [-0.15, -0.1) is 0 Å². The summed E-state index contributed by atoms with van der Waals surface area (Å²) in [6.07, 6.45) is 1.00. The van der Waals surface area contributed by atoms with E-state index in [1.165, 1.54) is 6.92 Å². The highest BCUT2D eigenvalue weighted by molar-refractivity contribution is 6.30. The summed E-state index contributed by atoms with van der Waals surface area (Å²) >= 11 is 6.11. The zero-order valence-corrected chi connectivity index (χ0v) is 20.7. The van der Waals surface area contributed by atoms with Crippen molar-refractivity contribution in [2.24, 2.45) is 5.92 Å². The van der Waals surface area contributed by atoms with E-state index in [0.717, 1.165) is 16.7 Å². The van der Waals surface area contributed by atoms with E-state index in [9.17, 15) is 19.5 Å². The van der Waals surface area contributed by atoms with Gasteiger partial charge in [-0.25, -0.2) is 10.9 Å². The Bertz CT molecular complexity index is 1030. The van der Waals surface area contributed by atoms with Gasteiger partial charge in [-0.3, -0.25) is 14.4 Å². The largest absolute Gasteiger partial charge is 0.481 e. The lowest BCUT2D eigenvalue weighted by atomic mass is 9.94. The number of hydrogen-bond donors (Lipinski definition) is 4. The van der Waals surface area contributed by atoms with Crippen LogP contribution in [-0.4, -0.2) is 54.1 Å². The average molecular weight is 502 g/mol. The molecule has 1 aliphatic heterocycles. The molecule has 2 unspecified atom stereocenters. The van der Waals surface area contributed by atoms with Gasteiger partial charge in [0.2, 0.25) is 5.91 Å². The molecule has 0 aromatic heterocycles. The third-order valence-corrected chi connectivity index (χ3v) is 6.33. The predicted molar refractivity (Wildman–Crippen MR) is 134 cm³/mol. The Morgan fingerprint density at radius 2 is 1.83 bits per heavy atom. The van der Waals surface area contributed by atoms with Gasteiger partial charge in [0.15, 0.2) is 0 Å². The molecule has 4 N–H and O–H groups in total. The van der Waals surface area contributed by atoms with Crippen LogP contribution >= 0.6 is 11.6 Å². The second-order valence-corrected chi connectivity index (χ2v) is 9.22. The van der Waals surface area contributed by atoms with Crippen LogP contribution in [0.2, 0.25) is 5.02 Å². The lowest BCUT2D eigenvalue weighted by Crippen LogP contribution is -2.48. The molecule has 3 rings (SSSR count). The van der Waals surface area contributed by atoms with E-state index in [1.54, 1.807) is 0 Å². The molecule has 1 aliphatic rings. The molecule has 1 fully saturated rings. The van der Waals surface area contributed by atoms with Crippen molar-refractivity contribution in [2.75, 3.05) is 13.2 Å². The number of carbonyl (C=O) groups is 3. The fourth-order valence-corrected chi connectivity index (χ4v) is 4.31. The van der Waals surface area contributed by atoms with Crippen molar-refractivity contribution in [3.05, 3.63) is 59.1 Å². The van der Waals surface area contributed by atoms with E-state index in [1.807, 2.05) is 55.5 Å². The van der Waals surface area contributed by atoms with Gasteiger partial charge in [-0.1, -0.05) is 48.0 Å². The van der Waals surface area contributed by atoms with Crippen LogP contribution in [0.3, 0.4) is 0 Å². The molecule has 0 spiro atoms. The maximum Gasteiger partial charge on any atom is 0.308 e. The summed E-state index contributed by atoms with van der Waals surface area (Å²) in [6, 6.07) is 14.0. The highest BCUT2D eigenvalue weighted by atomic mass is 35.5. The monoisotopic (exact) mass is 501 g/mol. The molecule has 8 nitrogen and oxygen atoms in total. The zero-order valence-electron chi connectivity index (χ0n) is 19.9. The first-order chi connectivity index (χ1) is 16.8. The molecule has 2 aromatic rings. The number of carboxylic acid groups (broad SMARTS) is 1. The first-order valence-corrected chi connectivity index (χ1v) is 12.1. The Labute approximate surface area is 210 Å². The third-order valence-electron chi connectivity index (χ3n) is 6.09. The highest BCUT2D eigenvalue weighted by Crippen LogP contribution is 2.24. The summed E-state index contributed by atoms with van der Waals surface area (Å²) in [7, 11) is 0. The van der Waals surface area contributed by atoms with Crippen molar-refractivity contribution in [1.29, 1.82) is 0 Å². The van der Waals surface area contributed by atoms with Crippen LogP contribution in [0.4, 0.5) is 0 Å². The summed E-state index contributed by atoms with van der Waals surface area (Å²) in [5.74, 6) is -2.05. The number of nitrogens with one attached hydrogen (secondary N) is 3. The summed E-state index contributed by atoms with van der Waals surface area (Å²) in [5.41, 5.74) is 8.66. The molecular weight excluding hydrogens is 470 g/mol. The Morgan fingerprint density at radius 3 is 2.43 bits per heavy atom. The Balaban J connectivity index is 1.73. The summed E-state index contributed by atoms with van der Waals surface area (Å²) < 4.78 is 5.36. The molecule has 1 saturated heterocycles. The third kappa shape index (κ3) is 7.86. The SMILES string of the molecule is CCOC[C@H](C[C@@H](Cc1ccc(-c2cccc(Cl)c2)cc1)NC(=O)C1CC(C(C)=O)NN1)C(=O)O. The van der Waals surface area contributed by atoms with Crippen LogP contribution in [0.5, 0.6) is 0 Å². The molecule has 4 atom stereocenters. The molecule has 1 amide bonds. The van der Waals surface area contributed by atoms with Crippen LogP contribution in [0.15, 0.2) is 48.5 Å². The first-order valence-electron chi connectivity index (χ1n) is 11.7. The van der Waals surface area contributed by atoms with Gasteiger partial charge in [-0.2, -0.15) is 0 Å². The lowest BCUT2D eigenvalue weighted by Gasteiger charge is -2.24. The molecule has 0 bridgehead atoms. The smallest absolute Gasteiger partial charge is 0.308 e.